The third kappa shape index (κ3) is 6.15. The third-order valence-corrected chi connectivity index (χ3v) is 6.40. The number of ether oxygens (including phenoxy) is 3. The number of carbonyl (C=O) groups excluding carboxylic acids is 2. The molecule has 194 valence electrons. The fraction of sp³-hybridized carbons (Fsp3) is 0.700. The van der Waals surface area contributed by atoms with Gasteiger partial charge in [0.15, 0.2) is 17.9 Å². The number of nitrogens with one attached hydrogen (secondary N) is 2. The SMILES string of the molecule is COCC12COC(C(N3C=C(C#CCNC(=O)C(N)CCCN)C(=O)NC3O)O1)C2O[P+](=O)OC. The first-order chi connectivity index (χ1) is 16.8. The molecule has 2 bridgehead atoms. The monoisotopic (exact) mass is 516 g/mol. The van der Waals surface area contributed by atoms with Crippen LogP contribution in [0.1, 0.15) is 12.8 Å². The van der Waals surface area contributed by atoms with E-state index in [-0.39, 0.29) is 31.2 Å². The maximum Gasteiger partial charge on any atom is 0.697 e. The molecule has 15 heteroatoms. The highest BCUT2D eigenvalue weighted by Crippen LogP contribution is 2.47. The molecule has 3 aliphatic heterocycles. The first-order valence-electron chi connectivity index (χ1n) is 10.9. The van der Waals surface area contributed by atoms with Crippen LogP contribution in [-0.2, 0) is 37.4 Å². The molecule has 0 aromatic carbocycles. The van der Waals surface area contributed by atoms with Crippen LogP contribution in [0.25, 0.3) is 0 Å². The second kappa shape index (κ2) is 12.2. The van der Waals surface area contributed by atoms with Crippen LogP contribution in [0.5, 0.6) is 0 Å². The summed E-state index contributed by atoms with van der Waals surface area (Å²) in [5.41, 5.74) is 10.1. The normalized spacial score (nSPS) is 30.8. The standard InChI is InChI=1S/C20H30N5O9P/c1-30-10-20-11-32-14(15(20)34-35(29)31-2)18(33-20)25-9-12(16(26)24-19(25)28)5-4-8-23-17(27)13(22)6-3-7-21/h9,13-15,18-19,28H,3,6-8,10-11,21-22H2,1-2H3,(H-,23,24,26,27)/p+1. The number of fused-ring (bicyclic) bond motifs is 2. The molecule has 0 aromatic heterocycles. The zero-order valence-electron chi connectivity index (χ0n) is 19.5. The Labute approximate surface area is 203 Å². The van der Waals surface area contributed by atoms with E-state index in [1.807, 2.05) is 0 Å². The molecule has 0 aliphatic carbocycles. The van der Waals surface area contributed by atoms with Crippen LogP contribution in [0.15, 0.2) is 11.8 Å². The number of hydrogen-bond acceptors (Lipinski definition) is 12. The van der Waals surface area contributed by atoms with Crippen molar-refractivity contribution in [3.05, 3.63) is 11.8 Å². The van der Waals surface area contributed by atoms with Crippen LogP contribution in [0.2, 0.25) is 0 Å². The minimum absolute atomic E-state index is 0.0181. The van der Waals surface area contributed by atoms with Gasteiger partial charge in [0.25, 0.3) is 5.91 Å². The highest BCUT2D eigenvalue weighted by molar-refractivity contribution is 7.33. The van der Waals surface area contributed by atoms with Gasteiger partial charge in [-0.3, -0.25) is 9.59 Å². The average molecular weight is 516 g/mol. The van der Waals surface area contributed by atoms with E-state index in [0.29, 0.717) is 19.4 Å². The molecule has 2 amide bonds. The first kappa shape index (κ1) is 27.4. The van der Waals surface area contributed by atoms with Gasteiger partial charge >= 0.3 is 8.25 Å². The number of aliphatic hydroxyl groups is 1. The minimum atomic E-state index is -2.44. The van der Waals surface area contributed by atoms with Crippen LogP contribution in [0, 0.1) is 11.8 Å². The summed E-state index contributed by atoms with van der Waals surface area (Å²) < 4.78 is 39.4. The van der Waals surface area contributed by atoms with E-state index in [9.17, 15) is 19.3 Å². The van der Waals surface area contributed by atoms with E-state index < -0.39 is 50.6 Å². The predicted octanol–water partition coefficient (Wildman–Crippen LogP) is -2.41. The Hall–Kier alpha value is -2.18. The summed E-state index contributed by atoms with van der Waals surface area (Å²) in [4.78, 5) is 25.6. The molecule has 14 nitrogen and oxygen atoms in total. The summed E-state index contributed by atoms with van der Waals surface area (Å²) in [6.07, 6.45) is -1.55. The van der Waals surface area contributed by atoms with Gasteiger partial charge in [0, 0.05) is 17.9 Å². The molecular formula is C20H31N5O9P+. The Morgan fingerprint density at radius 2 is 2.29 bits per heavy atom. The quantitative estimate of drug-likeness (QED) is 0.144. The Bertz CT molecular complexity index is 909. The van der Waals surface area contributed by atoms with Crippen LogP contribution in [-0.4, -0.2) is 98.8 Å². The summed E-state index contributed by atoms with van der Waals surface area (Å²) in [5.74, 6) is 4.37. The summed E-state index contributed by atoms with van der Waals surface area (Å²) in [5, 5.41) is 15.4. The summed E-state index contributed by atoms with van der Waals surface area (Å²) in [7, 11) is 0.277. The first-order valence-corrected chi connectivity index (χ1v) is 12.0. The van der Waals surface area contributed by atoms with Crippen molar-refractivity contribution in [3.8, 4) is 11.8 Å². The van der Waals surface area contributed by atoms with Gasteiger partial charge in [-0.15, -0.1) is 9.05 Å². The zero-order chi connectivity index (χ0) is 25.6. The lowest BCUT2D eigenvalue weighted by molar-refractivity contribution is -0.225. The van der Waals surface area contributed by atoms with Crippen molar-refractivity contribution < 1.29 is 42.5 Å². The van der Waals surface area contributed by atoms with Gasteiger partial charge in [-0.25, -0.2) is 0 Å². The van der Waals surface area contributed by atoms with Gasteiger partial charge in [-0.2, -0.15) is 0 Å². The maximum absolute atomic E-state index is 12.3. The molecule has 2 fully saturated rings. The van der Waals surface area contributed by atoms with Crippen molar-refractivity contribution in [3.63, 3.8) is 0 Å². The molecule has 35 heavy (non-hydrogen) atoms. The minimum Gasteiger partial charge on any atom is -0.381 e. The van der Waals surface area contributed by atoms with Crippen molar-refractivity contribution >= 4 is 20.1 Å². The van der Waals surface area contributed by atoms with E-state index >= 15 is 0 Å². The molecule has 3 heterocycles. The van der Waals surface area contributed by atoms with Crippen molar-refractivity contribution in [1.29, 1.82) is 0 Å². The van der Waals surface area contributed by atoms with Crippen molar-refractivity contribution in [2.75, 3.05) is 40.5 Å². The molecule has 0 saturated carbocycles. The number of rotatable bonds is 11. The third-order valence-electron chi connectivity index (χ3n) is 5.70. The fourth-order valence-electron chi connectivity index (χ4n) is 3.99. The molecule has 7 N–H and O–H groups in total. The average Bonchev–Trinajstić information content (AvgIpc) is 3.31. The Morgan fingerprint density at radius 1 is 1.51 bits per heavy atom. The lowest BCUT2D eigenvalue weighted by Gasteiger charge is -2.39. The molecule has 0 aromatic rings. The van der Waals surface area contributed by atoms with Gasteiger partial charge in [0.2, 0.25) is 12.3 Å². The van der Waals surface area contributed by atoms with Gasteiger partial charge in [0.1, 0.15) is 11.7 Å². The number of methoxy groups -OCH3 is 1. The lowest BCUT2D eigenvalue weighted by Crippen LogP contribution is -2.58. The number of carbonyl (C=O) groups is 2. The molecule has 3 aliphatic rings. The maximum atomic E-state index is 12.3. The lowest BCUT2D eigenvalue weighted by atomic mass is 10.0. The van der Waals surface area contributed by atoms with E-state index in [1.165, 1.54) is 25.3 Å². The van der Waals surface area contributed by atoms with Crippen molar-refractivity contribution in [1.82, 2.24) is 15.5 Å². The number of nitrogens with zero attached hydrogens (tertiary/aromatic N) is 1. The number of hydrogen-bond donors (Lipinski definition) is 5. The molecular weight excluding hydrogens is 485 g/mol. The molecule has 7 atom stereocenters. The summed E-state index contributed by atoms with van der Waals surface area (Å²) >= 11 is 0. The number of amides is 2. The molecule has 7 unspecified atom stereocenters. The molecule has 0 spiro atoms. The topological polar surface area (TPSA) is 197 Å². The van der Waals surface area contributed by atoms with Crippen LogP contribution in [0.3, 0.4) is 0 Å². The predicted molar refractivity (Wildman–Crippen MR) is 120 cm³/mol. The molecule has 0 radical (unpaired) electrons. The van der Waals surface area contributed by atoms with Gasteiger partial charge < -0.3 is 46.3 Å². The van der Waals surface area contributed by atoms with E-state index in [0.717, 1.165) is 0 Å². The van der Waals surface area contributed by atoms with Crippen molar-refractivity contribution in [2.45, 2.75) is 49.3 Å². The number of aliphatic hydroxyl groups excluding tert-OH is 1. The Morgan fingerprint density at radius 3 is 2.97 bits per heavy atom. The smallest absolute Gasteiger partial charge is 0.381 e. The second-order valence-electron chi connectivity index (χ2n) is 8.11. The van der Waals surface area contributed by atoms with E-state index in [4.69, 9.17) is 34.7 Å². The highest BCUT2D eigenvalue weighted by Gasteiger charge is 2.67. The van der Waals surface area contributed by atoms with Crippen molar-refractivity contribution in [2.24, 2.45) is 11.5 Å². The highest BCUT2D eigenvalue weighted by atomic mass is 31.1. The Kier molecular flexibility index (Phi) is 9.54. The summed E-state index contributed by atoms with van der Waals surface area (Å²) in [6, 6.07) is -0.694. The van der Waals surface area contributed by atoms with Crippen LogP contribution >= 0.6 is 8.25 Å². The van der Waals surface area contributed by atoms with E-state index in [2.05, 4.69) is 22.5 Å². The van der Waals surface area contributed by atoms with Gasteiger partial charge in [-0.1, -0.05) is 11.8 Å². The second-order valence-corrected chi connectivity index (χ2v) is 9.13. The Balaban J connectivity index is 1.71. The van der Waals surface area contributed by atoms with E-state index in [1.54, 1.807) is 0 Å². The number of nitrogens with two attached hydrogens (primary N) is 2. The van der Waals surface area contributed by atoms with Crippen LogP contribution in [0.4, 0.5) is 0 Å². The fourth-order valence-corrected chi connectivity index (χ4v) is 4.57. The molecule has 3 rings (SSSR count). The zero-order valence-corrected chi connectivity index (χ0v) is 20.4. The summed E-state index contributed by atoms with van der Waals surface area (Å²) in [6.45, 7) is 0.578. The van der Waals surface area contributed by atoms with Gasteiger partial charge in [-0.05, 0) is 19.4 Å². The van der Waals surface area contributed by atoms with Gasteiger partial charge in [0.05, 0.1) is 32.9 Å². The molecule has 2 saturated heterocycles. The largest absolute Gasteiger partial charge is 0.697 e. The van der Waals surface area contributed by atoms with Crippen LogP contribution < -0.4 is 22.1 Å².